The summed E-state index contributed by atoms with van der Waals surface area (Å²) in [6, 6.07) is 14.0. The molecule has 1 amide bonds. The monoisotopic (exact) mass is 270 g/mol. The molecule has 0 fully saturated rings. The molecule has 0 radical (unpaired) electrons. The van der Waals surface area contributed by atoms with Gasteiger partial charge in [-0.1, -0.05) is 29.3 Å². The molecule has 2 aromatic rings. The highest BCUT2D eigenvalue weighted by Gasteiger charge is 2.09. The normalized spacial score (nSPS) is 9.74. The van der Waals surface area contributed by atoms with E-state index in [2.05, 4.69) is 5.32 Å². The third-order valence-corrected chi connectivity index (χ3v) is 2.94. The Morgan fingerprint density at radius 2 is 2.05 bits per heavy atom. The summed E-state index contributed by atoms with van der Waals surface area (Å²) in [5, 5.41) is 11.8. The average molecular weight is 271 g/mol. The van der Waals surface area contributed by atoms with E-state index in [0.29, 0.717) is 21.8 Å². The van der Waals surface area contributed by atoms with Gasteiger partial charge in [-0.25, -0.2) is 0 Å². The van der Waals surface area contributed by atoms with Gasteiger partial charge in [0.15, 0.2) is 0 Å². The maximum absolute atomic E-state index is 12.0. The quantitative estimate of drug-likeness (QED) is 0.903. The lowest BCUT2D eigenvalue weighted by molar-refractivity contribution is 0.102. The summed E-state index contributed by atoms with van der Waals surface area (Å²) in [6.45, 7) is 1.92. The number of aryl methyl sites for hydroxylation is 1. The molecule has 0 unspecified atom stereocenters. The van der Waals surface area contributed by atoms with E-state index < -0.39 is 0 Å². The molecule has 0 atom stereocenters. The zero-order valence-corrected chi connectivity index (χ0v) is 11.0. The van der Waals surface area contributed by atoms with E-state index in [1.54, 1.807) is 24.3 Å². The number of nitriles is 1. The molecule has 0 saturated carbocycles. The Kier molecular flexibility index (Phi) is 3.84. The van der Waals surface area contributed by atoms with Gasteiger partial charge in [0.05, 0.1) is 22.3 Å². The number of halogens is 1. The topological polar surface area (TPSA) is 52.9 Å². The molecule has 0 bridgehead atoms. The highest BCUT2D eigenvalue weighted by atomic mass is 35.5. The van der Waals surface area contributed by atoms with Crippen LogP contribution in [0.2, 0.25) is 5.02 Å². The number of benzene rings is 2. The van der Waals surface area contributed by atoms with E-state index in [1.165, 1.54) is 6.07 Å². The fourth-order valence-corrected chi connectivity index (χ4v) is 1.89. The summed E-state index contributed by atoms with van der Waals surface area (Å²) in [5.41, 5.74) is 2.53. The van der Waals surface area contributed by atoms with Crippen molar-refractivity contribution in [2.24, 2.45) is 0 Å². The molecule has 0 aromatic heterocycles. The first-order valence-electron chi connectivity index (χ1n) is 5.68. The molecule has 0 aliphatic heterocycles. The van der Waals surface area contributed by atoms with Crippen LogP contribution in [0, 0.1) is 18.3 Å². The Hall–Kier alpha value is -2.31. The molecule has 2 rings (SSSR count). The number of hydrogen-bond donors (Lipinski definition) is 1. The highest BCUT2D eigenvalue weighted by Crippen LogP contribution is 2.23. The van der Waals surface area contributed by atoms with Crippen LogP contribution in [0.1, 0.15) is 21.5 Å². The minimum absolute atomic E-state index is 0.227. The Bertz CT molecular complexity index is 674. The molecule has 0 heterocycles. The second-order valence-corrected chi connectivity index (χ2v) is 4.54. The number of nitrogens with zero attached hydrogens (tertiary/aromatic N) is 1. The van der Waals surface area contributed by atoms with Gasteiger partial charge in [-0.15, -0.1) is 0 Å². The summed E-state index contributed by atoms with van der Waals surface area (Å²) >= 11 is 6.01. The van der Waals surface area contributed by atoms with Crippen LogP contribution in [-0.4, -0.2) is 5.91 Å². The number of hydrogen-bond acceptors (Lipinski definition) is 2. The summed E-state index contributed by atoms with van der Waals surface area (Å²) in [6.07, 6.45) is 0. The Morgan fingerprint density at radius 3 is 2.68 bits per heavy atom. The summed E-state index contributed by atoms with van der Waals surface area (Å²) in [4.78, 5) is 12.0. The van der Waals surface area contributed by atoms with Gasteiger partial charge in [0.25, 0.3) is 5.91 Å². The van der Waals surface area contributed by atoms with Crippen LogP contribution in [0.25, 0.3) is 0 Å². The molecule has 3 nitrogen and oxygen atoms in total. The van der Waals surface area contributed by atoms with Gasteiger partial charge < -0.3 is 5.32 Å². The van der Waals surface area contributed by atoms with E-state index in [1.807, 2.05) is 25.1 Å². The van der Waals surface area contributed by atoms with Crippen molar-refractivity contribution in [3.05, 3.63) is 64.2 Å². The number of carbonyl (C=O) groups is 1. The Balaban J connectivity index is 2.22. The maximum atomic E-state index is 12.0. The molecule has 0 aliphatic carbocycles. The van der Waals surface area contributed by atoms with Crippen LogP contribution in [0.15, 0.2) is 42.5 Å². The first kappa shape index (κ1) is 13.1. The van der Waals surface area contributed by atoms with Crippen molar-refractivity contribution < 1.29 is 4.79 Å². The van der Waals surface area contributed by atoms with Gasteiger partial charge in [0, 0.05) is 5.56 Å². The maximum Gasteiger partial charge on any atom is 0.255 e. The van der Waals surface area contributed by atoms with E-state index >= 15 is 0 Å². The van der Waals surface area contributed by atoms with Crippen LogP contribution in [0.4, 0.5) is 5.69 Å². The van der Waals surface area contributed by atoms with Gasteiger partial charge >= 0.3 is 0 Å². The fourth-order valence-electron chi connectivity index (χ4n) is 1.67. The molecule has 0 saturated heterocycles. The molecular formula is C15H11ClN2O. The molecule has 0 aliphatic rings. The van der Waals surface area contributed by atoms with Crippen molar-refractivity contribution in [2.75, 3.05) is 5.32 Å². The van der Waals surface area contributed by atoms with Crippen molar-refractivity contribution in [3.63, 3.8) is 0 Å². The zero-order valence-electron chi connectivity index (χ0n) is 10.3. The SMILES string of the molecule is Cc1cccc(C(=O)Nc2ccc(C#N)cc2Cl)c1. The number of anilines is 1. The lowest BCUT2D eigenvalue weighted by Crippen LogP contribution is -2.12. The highest BCUT2D eigenvalue weighted by molar-refractivity contribution is 6.34. The van der Waals surface area contributed by atoms with Gasteiger partial charge in [-0.05, 0) is 37.3 Å². The van der Waals surface area contributed by atoms with Crippen LogP contribution in [0.3, 0.4) is 0 Å². The van der Waals surface area contributed by atoms with Crippen LogP contribution >= 0.6 is 11.6 Å². The summed E-state index contributed by atoms with van der Waals surface area (Å²) < 4.78 is 0. The van der Waals surface area contributed by atoms with E-state index in [9.17, 15) is 4.79 Å². The molecule has 94 valence electrons. The van der Waals surface area contributed by atoms with Crippen molar-refractivity contribution in [3.8, 4) is 6.07 Å². The average Bonchev–Trinajstić information content (AvgIpc) is 2.41. The molecule has 2 aromatic carbocycles. The Labute approximate surface area is 116 Å². The Morgan fingerprint density at radius 1 is 1.26 bits per heavy atom. The summed E-state index contributed by atoms with van der Waals surface area (Å²) in [7, 11) is 0. The largest absolute Gasteiger partial charge is 0.321 e. The first-order valence-corrected chi connectivity index (χ1v) is 6.05. The predicted octanol–water partition coefficient (Wildman–Crippen LogP) is 3.77. The van der Waals surface area contributed by atoms with Gasteiger partial charge in [0.1, 0.15) is 0 Å². The van der Waals surface area contributed by atoms with E-state index in [-0.39, 0.29) is 5.91 Å². The molecular weight excluding hydrogens is 260 g/mol. The number of nitrogens with one attached hydrogen (secondary N) is 1. The minimum atomic E-state index is -0.227. The van der Waals surface area contributed by atoms with E-state index in [0.717, 1.165) is 5.56 Å². The predicted molar refractivity (Wildman–Crippen MR) is 75.3 cm³/mol. The van der Waals surface area contributed by atoms with Gasteiger partial charge in [0.2, 0.25) is 0 Å². The van der Waals surface area contributed by atoms with Crippen molar-refractivity contribution >= 4 is 23.2 Å². The second-order valence-electron chi connectivity index (χ2n) is 4.13. The van der Waals surface area contributed by atoms with Crippen molar-refractivity contribution in [1.82, 2.24) is 0 Å². The van der Waals surface area contributed by atoms with Gasteiger partial charge in [-0.3, -0.25) is 4.79 Å². The van der Waals surface area contributed by atoms with Crippen LogP contribution < -0.4 is 5.32 Å². The second kappa shape index (κ2) is 5.55. The molecule has 0 spiro atoms. The minimum Gasteiger partial charge on any atom is -0.321 e. The number of rotatable bonds is 2. The number of carbonyl (C=O) groups excluding carboxylic acids is 1. The third-order valence-electron chi connectivity index (χ3n) is 2.63. The van der Waals surface area contributed by atoms with Crippen molar-refractivity contribution in [1.29, 1.82) is 5.26 Å². The first-order chi connectivity index (χ1) is 9.10. The van der Waals surface area contributed by atoms with Crippen molar-refractivity contribution in [2.45, 2.75) is 6.92 Å². The smallest absolute Gasteiger partial charge is 0.255 e. The van der Waals surface area contributed by atoms with Crippen LogP contribution in [-0.2, 0) is 0 Å². The summed E-state index contributed by atoms with van der Waals surface area (Å²) in [5.74, 6) is -0.227. The third kappa shape index (κ3) is 3.12. The number of amides is 1. The molecule has 4 heteroatoms. The molecule has 19 heavy (non-hydrogen) atoms. The van der Waals surface area contributed by atoms with E-state index in [4.69, 9.17) is 16.9 Å². The molecule has 1 N–H and O–H groups in total. The van der Waals surface area contributed by atoms with Crippen LogP contribution in [0.5, 0.6) is 0 Å². The lowest BCUT2D eigenvalue weighted by Gasteiger charge is -2.07. The lowest BCUT2D eigenvalue weighted by atomic mass is 10.1. The fraction of sp³-hybridized carbons (Fsp3) is 0.0667. The zero-order chi connectivity index (χ0) is 13.8. The standard InChI is InChI=1S/C15H11ClN2O/c1-10-3-2-4-12(7-10)15(19)18-14-6-5-11(9-17)8-13(14)16/h2-8H,1H3,(H,18,19). The van der Waals surface area contributed by atoms with Gasteiger partial charge in [-0.2, -0.15) is 5.26 Å².